The molecule has 1 aromatic carbocycles. The SMILES string of the molecule is O=C(O)CC(O)CCCCc1ccccc1. The van der Waals surface area contributed by atoms with Crippen LogP contribution in [0.2, 0.25) is 0 Å². The monoisotopic (exact) mass is 222 g/mol. The number of aliphatic hydroxyl groups excluding tert-OH is 1. The first-order valence-electron chi connectivity index (χ1n) is 5.62. The molecule has 0 radical (unpaired) electrons. The van der Waals surface area contributed by atoms with E-state index in [-0.39, 0.29) is 6.42 Å². The number of unbranched alkanes of at least 4 members (excludes halogenated alkanes) is 1. The summed E-state index contributed by atoms with van der Waals surface area (Å²) >= 11 is 0. The molecule has 3 nitrogen and oxygen atoms in total. The molecule has 88 valence electrons. The molecule has 0 aromatic heterocycles. The number of carboxylic acid groups (broad SMARTS) is 1. The molecule has 0 spiro atoms. The summed E-state index contributed by atoms with van der Waals surface area (Å²) in [5.41, 5.74) is 1.29. The molecule has 0 aliphatic heterocycles. The zero-order valence-electron chi connectivity index (χ0n) is 9.30. The molecule has 0 aliphatic rings. The van der Waals surface area contributed by atoms with Crippen LogP contribution in [0.15, 0.2) is 30.3 Å². The van der Waals surface area contributed by atoms with Crippen molar-refractivity contribution in [2.75, 3.05) is 0 Å². The van der Waals surface area contributed by atoms with Gasteiger partial charge >= 0.3 is 5.97 Å². The largest absolute Gasteiger partial charge is 0.481 e. The van der Waals surface area contributed by atoms with Gasteiger partial charge in [0.2, 0.25) is 0 Å². The highest BCUT2D eigenvalue weighted by molar-refractivity contribution is 5.67. The van der Waals surface area contributed by atoms with Gasteiger partial charge in [-0.2, -0.15) is 0 Å². The molecule has 0 aliphatic carbocycles. The van der Waals surface area contributed by atoms with E-state index >= 15 is 0 Å². The quantitative estimate of drug-likeness (QED) is 0.695. The summed E-state index contributed by atoms with van der Waals surface area (Å²) in [5.74, 6) is -0.935. The van der Waals surface area contributed by atoms with E-state index in [1.165, 1.54) is 5.56 Å². The van der Waals surface area contributed by atoms with Gasteiger partial charge in [0, 0.05) is 0 Å². The molecule has 0 saturated heterocycles. The van der Waals surface area contributed by atoms with Gasteiger partial charge in [0.25, 0.3) is 0 Å². The van der Waals surface area contributed by atoms with Crippen LogP contribution in [-0.2, 0) is 11.2 Å². The van der Waals surface area contributed by atoms with E-state index in [0.717, 1.165) is 19.3 Å². The second-order valence-electron chi connectivity index (χ2n) is 3.98. The Balaban J connectivity index is 2.10. The van der Waals surface area contributed by atoms with Crippen molar-refractivity contribution < 1.29 is 15.0 Å². The second-order valence-corrected chi connectivity index (χ2v) is 3.98. The number of aliphatic carboxylic acids is 1. The summed E-state index contributed by atoms with van der Waals surface area (Å²) in [5, 5.41) is 17.8. The van der Waals surface area contributed by atoms with Crippen molar-refractivity contribution in [3.05, 3.63) is 35.9 Å². The average molecular weight is 222 g/mol. The minimum absolute atomic E-state index is 0.147. The first kappa shape index (κ1) is 12.7. The fraction of sp³-hybridized carbons (Fsp3) is 0.462. The fourth-order valence-electron chi connectivity index (χ4n) is 1.66. The lowest BCUT2D eigenvalue weighted by Crippen LogP contribution is -2.12. The molecule has 16 heavy (non-hydrogen) atoms. The normalized spacial score (nSPS) is 12.3. The van der Waals surface area contributed by atoms with Gasteiger partial charge in [-0.05, 0) is 24.8 Å². The van der Waals surface area contributed by atoms with Crippen LogP contribution in [-0.4, -0.2) is 22.3 Å². The summed E-state index contributed by atoms with van der Waals surface area (Å²) < 4.78 is 0. The Hall–Kier alpha value is -1.35. The third kappa shape index (κ3) is 5.51. The van der Waals surface area contributed by atoms with E-state index in [1.807, 2.05) is 18.2 Å². The Morgan fingerprint density at radius 3 is 2.50 bits per heavy atom. The number of aryl methyl sites for hydroxylation is 1. The van der Waals surface area contributed by atoms with Gasteiger partial charge in [-0.15, -0.1) is 0 Å². The maximum absolute atomic E-state index is 10.3. The van der Waals surface area contributed by atoms with Crippen LogP contribution in [0.25, 0.3) is 0 Å². The molecular weight excluding hydrogens is 204 g/mol. The Labute approximate surface area is 95.7 Å². The molecule has 2 N–H and O–H groups in total. The number of benzene rings is 1. The summed E-state index contributed by atoms with van der Waals surface area (Å²) in [4.78, 5) is 10.3. The van der Waals surface area contributed by atoms with Crippen molar-refractivity contribution in [1.29, 1.82) is 0 Å². The minimum Gasteiger partial charge on any atom is -0.481 e. The molecular formula is C13H18O3. The highest BCUT2D eigenvalue weighted by Gasteiger charge is 2.08. The van der Waals surface area contributed by atoms with E-state index < -0.39 is 12.1 Å². The predicted octanol–water partition coefficient (Wildman–Crippen LogP) is 2.24. The highest BCUT2D eigenvalue weighted by Crippen LogP contribution is 2.09. The fourth-order valence-corrected chi connectivity index (χ4v) is 1.66. The number of hydrogen-bond acceptors (Lipinski definition) is 2. The summed E-state index contributed by atoms with van der Waals surface area (Å²) in [6, 6.07) is 10.2. The van der Waals surface area contributed by atoms with Crippen LogP contribution in [0, 0.1) is 0 Å². The molecule has 1 unspecified atom stereocenters. The average Bonchev–Trinajstić information content (AvgIpc) is 2.25. The van der Waals surface area contributed by atoms with Crippen molar-refractivity contribution in [3.63, 3.8) is 0 Å². The van der Waals surface area contributed by atoms with Crippen LogP contribution in [0.4, 0.5) is 0 Å². The van der Waals surface area contributed by atoms with Gasteiger partial charge in [-0.25, -0.2) is 0 Å². The van der Waals surface area contributed by atoms with Gasteiger partial charge < -0.3 is 10.2 Å². The molecule has 0 saturated carbocycles. The smallest absolute Gasteiger partial charge is 0.305 e. The number of aliphatic hydroxyl groups is 1. The summed E-state index contributed by atoms with van der Waals surface area (Å²) in [6.45, 7) is 0. The highest BCUT2D eigenvalue weighted by atomic mass is 16.4. The van der Waals surface area contributed by atoms with Crippen LogP contribution >= 0.6 is 0 Å². The maximum atomic E-state index is 10.3. The molecule has 0 heterocycles. The first-order valence-corrected chi connectivity index (χ1v) is 5.62. The van der Waals surface area contributed by atoms with E-state index in [4.69, 9.17) is 5.11 Å². The summed E-state index contributed by atoms with van der Waals surface area (Å²) in [6.07, 6.45) is 2.56. The molecule has 0 bridgehead atoms. The molecule has 1 rings (SSSR count). The lowest BCUT2D eigenvalue weighted by Gasteiger charge is -2.07. The number of rotatable bonds is 7. The zero-order valence-corrected chi connectivity index (χ0v) is 9.30. The van der Waals surface area contributed by atoms with Crippen molar-refractivity contribution >= 4 is 5.97 Å². The van der Waals surface area contributed by atoms with Crippen LogP contribution in [0.1, 0.15) is 31.2 Å². The summed E-state index contributed by atoms with van der Waals surface area (Å²) in [7, 11) is 0. The van der Waals surface area contributed by atoms with Crippen LogP contribution < -0.4 is 0 Å². The molecule has 0 fully saturated rings. The van der Waals surface area contributed by atoms with Crippen LogP contribution in [0.5, 0.6) is 0 Å². The van der Waals surface area contributed by atoms with Gasteiger partial charge in [-0.1, -0.05) is 36.8 Å². The van der Waals surface area contributed by atoms with Gasteiger partial charge in [0.1, 0.15) is 0 Å². The van der Waals surface area contributed by atoms with Gasteiger partial charge in [-0.3, -0.25) is 4.79 Å². The van der Waals surface area contributed by atoms with Gasteiger partial charge in [0.15, 0.2) is 0 Å². The van der Waals surface area contributed by atoms with Crippen molar-refractivity contribution in [2.45, 2.75) is 38.2 Å². The molecule has 1 aromatic rings. The predicted molar refractivity (Wildman–Crippen MR) is 62.3 cm³/mol. The van der Waals surface area contributed by atoms with Crippen molar-refractivity contribution in [2.24, 2.45) is 0 Å². The Morgan fingerprint density at radius 2 is 1.88 bits per heavy atom. The Bertz CT molecular complexity index is 308. The Kier molecular flexibility index (Phi) is 5.57. The van der Waals surface area contributed by atoms with E-state index in [0.29, 0.717) is 6.42 Å². The molecule has 0 amide bonds. The van der Waals surface area contributed by atoms with Crippen molar-refractivity contribution in [3.8, 4) is 0 Å². The second kappa shape index (κ2) is 7.01. The van der Waals surface area contributed by atoms with E-state index in [2.05, 4.69) is 12.1 Å². The van der Waals surface area contributed by atoms with Gasteiger partial charge in [0.05, 0.1) is 12.5 Å². The first-order chi connectivity index (χ1) is 7.68. The standard InChI is InChI=1S/C13H18O3/c14-12(10-13(15)16)9-5-4-8-11-6-2-1-3-7-11/h1-3,6-7,12,14H,4-5,8-10H2,(H,15,16). The van der Waals surface area contributed by atoms with Crippen molar-refractivity contribution in [1.82, 2.24) is 0 Å². The molecule has 1 atom stereocenters. The van der Waals surface area contributed by atoms with E-state index in [9.17, 15) is 9.90 Å². The zero-order chi connectivity index (χ0) is 11.8. The number of hydrogen-bond donors (Lipinski definition) is 2. The van der Waals surface area contributed by atoms with E-state index in [1.54, 1.807) is 0 Å². The van der Waals surface area contributed by atoms with Crippen LogP contribution in [0.3, 0.4) is 0 Å². The minimum atomic E-state index is -0.935. The lowest BCUT2D eigenvalue weighted by atomic mass is 10.0. The topological polar surface area (TPSA) is 57.5 Å². The Morgan fingerprint density at radius 1 is 1.19 bits per heavy atom. The maximum Gasteiger partial charge on any atom is 0.305 e. The number of carboxylic acids is 1. The lowest BCUT2D eigenvalue weighted by molar-refractivity contribution is -0.139. The third-order valence-corrected chi connectivity index (χ3v) is 2.51. The number of carbonyl (C=O) groups is 1. The molecule has 3 heteroatoms. The third-order valence-electron chi connectivity index (χ3n) is 2.51.